The Bertz CT molecular complexity index is 552. The van der Waals surface area contributed by atoms with Crippen LogP contribution < -0.4 is 0 Å². The second-order valence-corrected chi connectivity index (χ2v) is 3.82. The minimum Gasteiger partial charge on any atom is -0.464 e. The van der Waals surface area contributed by atoms with Gasteiger partial charge in [0.15, 0.2) is 6.10 Å². The number of hydrogen-bond acceptors (Lipinski definition) is 5. The second-order valence-electron chi connectivity index (χ2n) is 3.82. The molecule has 3 N–H and O–H groups in total. The molecule has 1 aromatic heterocycles. The van der Waals surface area contributed by atoms with Crippen molar-refractivity contribution in [3.8, 4) is 0 Å². The molecule has 0 saturated carbocycles. The largest absolute Gasteiger partial charge is 0.464 e. The number of carbonyl (C=O) groups excluding carboxylic acids is 1. The quantitative estimate of drug-likeness (QED) is 0.687. The van der Waals surface area contributed by atoms with E-state index in [1.165, 1.54) is 6.33 Å². The van der Waals surface area contributed by atoms with Gasteiger partial charge in [-0.3, -0.25) is 0 Å². The first kappa shape index (κ1) is 12.5. The van der Waals surface area contributed by atoms with Gasteiger partial charge < -0.3 is 19.9 Å². The van der Waals surface area contributed by atoms with Crippen LogP contribution in [-0.2, 0) is 9.53 Å². The number of ether oxygens (including phenoxy) is 1. The molecule has 0 aliphatic rings. The van der Waals surface area contributed by atoms with Crippen LogP contribution in [0.5, 0.6) is 0 Å². The predicted molar refractivity (Wildman–Crippen MR) is 63.7 cm³/mol. The summed E-state index contributed by atoms with van der Waals surface area (Å²) in [6, 6.07) is 4.94. The summed E-state index contributed by atoms with van der Waals surface area (Å²) in [5.41, 5.74) is 1.89. The van der Waals surface area contributed by atoms with E-state index in [4.69, 9.17) is 0 Å². The number of nitrogens with one attached hydrogen (secondary N) is 1. The zero-order chi connectivity index (χ0) is 13.1. The van der Waals surface area contributed by atoms with Crippen molar-refractivity contribution in [1.82, 2.24) is 9.97 Å². The predicted octanol–water partition coefficient (Wildman–Crippen LogP) is 0.520. The van der Waals surface area contributed by atoms with Gasteiger partial charge in [-0.1, -0.05) is 6.07 Å². The summed E-state index contributed by atoms with van der Waals surface area (Å²) in [6.07, 6.45) is -1.38. The smallest absolute Gasteiger partial charge is 0.338 e. The van der Waals surface area contributed by atoms with Crippen molar-refractivity contribution in [3.05, 3.63) is 30.1 Å². The normalized spacial score (nSPS) is 14.4. The maximum atomic E-state index is 11.3. The van der Waals surface area contributed by atoms with Crippen molar-refractivity contribution >= 4 is 17.0 Å². The van der Waals surface area contributed by atoms with Gasteiger partial charge in [0.2, 0.25) is 0 Å². The summed E-state index contributed by atoms with van der Waals surface area (Å²) in [7, 11) is 0. The van der Waals surface area contributed by atoms with Crippen molar-refractivity contribution in [1.29, 1.82) is 0 Å². The molecule has 2 unspecified atom stereocenters. The number of aromatic amines is 1. The third-order valence-corrected chi connectivity index (χ3v) is 2.61. The lowest BCUT2D eigenvalue weighted by Crippen LogP contribution is -2.29. The number of rotatable bonds is 4. The highest BCUT2D eigenvalue weighted by molar-refractivity contribution is 5.77. The van der Waals surface area contributed by atoms with Crippen LogP contribution in [0, 0.1) is 0 Å². The highest BCUT2D eigenvalue weighted by Crippen LogP contribution is 2.21. The molecular formula is C12H14N2O4. The van der Waals surface area contributed by atoms with E-state index in [9.17, 15) is 15.0 Å². The summed E-state index contributed by atoms with van der Waals surface area (Å²) in [5, 5.41) is 19.5. The zero-order valence-corrected chi connectivity index (χ0v) is 9.83. The first-order valence-corrected chi connectivity index (χ1v) is 5.59. The molecule has 0 aliphatic carbocycles. The molecule has 0 fully saturated rings. The molecule has 0 bridgehead atoms. The number of aliphatic hydroxyl groups is 2. The van der Waals surface area contributed by atoms with E-state index < -0.39 is 18.2 Å². The molecule has 2 atom stereocenters. The molecule has 6 heteroatoms. The van der Waals surface area contributed by atoms with Gasteiger partial charge in [0.05, 0.1) is 24.0 Å². The SMILES string of the molecule is CCOC(=O)C(O)C(O)c1ccc2nc[nH]c2c1. The molecule has 6 nitrogen and oxygen atoms in total. The van der Waals surface area contributed by atoms with Crippen LogP contribution in [-0.4, -0.2) is 38.9 Å². The van der Waals surface area contributed by atoms with Crippen LogP contribution in [0.4, 0.5) is 0 Å². The summed E-state index contributed by atoms with van der Waals surface area (Å²) < 4.78 is 4.65. The first-order valence-electron chi connectivity index (χ1n) is 5.59. The number of fused-ring (bicyclic) bond motifs is 1. The molecule has 1 heterocycles. The molecule has 0 amide bonds. The van der Waals surface area contributed by atoms with Crippen LogP contribution in [0.15, 0.2) is 24.5 Å². The number of H-pyrrole nitrogens is 1. The van der Waals surface area contributed by atoms with Crippen LogP contribution in [0.3, 0.4) is 0 Å². The van der Waals surface area contributed by atoms with Gasteiger partial charge in [0.1, 0.15) is 6.10 Å². The third kappa shape index (κ3) is 2.34. The standard InChI is InChI=1S/C12H14N2O4/c1-2-18-12(17)11(16)10(15)7-3-4-8-9(5-7)14-6-13-8/h3-6,10-11,15-16H,2H2,1H3,(H,13,14). The van der Waals surface area contributed by atoms with Crippen molar-refractivity contribution in [2.75, 3.05) is 6.61 Å². The molecule has 96 valence electrons. The molecular weight excluding hydrogens is 236 g/mol. The monoisotopic (exact) mass is 250 g/mol. The van der Waals surface area contributed by atoms with E-state index in [0.717, 1.165) is 11.0 Å². The van der Waals surface area contributed by atoms with Crippen LogP contribution in [0.2, 0.25) is 0 Å². The Morgan fingerprint density at radius 3 is 3.00 bits per heavy atom. The lowest BCUT2D eigenvalue weighted by atomic mass is 10.0. The highest BCUT2D eigenvalue weighted by Gasteiger charge is 2.27. The Labute approximate surface area is 103 Å². The van der Waals surface area contributed by atoms with Gasteiger partial charge in [-0.05, 0) is 24.6 Å². The van der Waals surface area contributed by atoms with Crippen molar-refractivity contribution < 1.29 is 19.7 Å². The molecule has 0 aliphatic heterocycles. The Morgan fingerprint density at radius 1 is 1.50 bits per heavy atom. The molecule has 0 radical (unpaired) electrons. The average molecular weight is 250 g/mol. The average Bonchev–Trinajstić information content (AvgIpc) is 2.84. The first-order chi connectivity index (χ1) is 8.63. The van der Waals surface area contributed by atoms with Crippen molar-refractivity contribution in [3.63, 3.8) is 0 Å². The molecule has 1 aromatic carbocycles. The maximum absolute atomic E-state index is 11.3. The topological polar surface area (TPSA) is 95.4 Å². The van der Waals surface area contributed by atoms with E-state index in [1.807, 2.05) is 0 Å². The highest BCUT2D eigenvalue weighted by atomic mass is 16.5. The number of nitrogens with zero attached hydrogens (tertiary/aromatic N) is 1. The van der Waals surface area contributed by atoms with Crippen molar-refractivity contribution in [2.45, 2.75) is 19.1 Å². The molecule has 0 spiro atoms. The number of benzene rings is 1. The second kappa shape index (κ2) is 5.16. The Hall–Kier alpha value is -1.92. The maximum Gasteiger partial charge on any atom is 0.338 e. The Morgan fingerprint density at radius 2 is 2.28 bits per heavy atom. The van der Waals surface area contributed by atoms with Gasteiger partial charge in [0, 0.05) is 0 Å². The van der Waals surface area contributed by atoms with Crippen LogP contribution in [0.1, 0.15) is 18.6 Å². The zero-order valence-electron chi connectivity index (χ0n) is 9.83. The lowest BCUT2D eigenvalue weighted by Gasteiger charge is -2.16. The van der Waals surface area contributed by atoms with Gasteiger partial charge in [0.25, 0.3) is 0 Å². The summed E-state index contributed by atoms with van der Waals surface area (Å²) >= 11 is 0. The minimum absolute atomic E-state index is 0.155. The van der Waals surface area contributed by atoms with Gasteiger partial charge in [-0.25, -0.2) is 9.78 Å². The van der Waals surface area contributed by atoms with Gasteiger partial charge in [-0.15, -0.1) is 0 Å². The minimum atomic E-state index is -1.59. The fourth-order valence-electron chi connectivity index (χ4n) is 1.68. The van der Waals surface area contributed by atoms with Crippen LogP contribution in [0.25, 0.3) is 11.0 Å². The molecule has 18 heavy (non-hydrogen) atoms. The van der Waals surface area contributed by atoms with E-state index in [0.29, 0.717) is 5.56 Å². The summed E-state index contributed by atoms with van der Waals surface area (Å²) in [5.74, 6) is -0.838. The lowest BCUT2D eigenvalue weighted by molar-refractivity contribution is -0.159. The Kier molecular flexibility index (Phi) is 3.59. The number of esters is 1. The fraction of sp³-hybridized carbons (Fsp3) is 0.333. The third-order valence-electron chi connectivity index (χ3n) is 2.61. The van der Waals surface area contributed by atoms with Gasteiger partial charge in [-0.2, -0.15) is 0 Å². The molecule has 2 aromatic rings. The number of carbonyl (C=O) groups is 1. The van der Waals surface area contributed by atoms with E-state index in [1.54, 1.807) is 25.1 Å². The number of aromatic nitrogens is 2. The number of hydrogen-bond donors (Lipinski definition) is 3. The van der Waals surface area contributed by atoms with E-state index >= 15 is 0 Å². The fourth-order valence-corrected chi connectivity index (χ4v) is 1.68. The number of imidazole rings is 1. The molecule has 0 saturated heterocycles. The van der Waals surface area contributed by atoms with E-state index in [-0.39, 0.29) is 6.61 Å². The van der Waals surface area contributed by atoms with E-state index in [2.05, 4.69) is 14.7 Å². The summed E-state index contributed by atoms with van der Waals surface area (Å²) in [6.45, 7) is 1.79. The van der Waals surface area contributed by atoms with Crippen molar-refractivity contribution in [2.24, 2.45) is 0 Å². The number of aliphatic hydroxyl groups excluding tert-OH is 2. The summed E-state index contributed by atoms with van der Waals surface area (Å²) in [4.78, 5) is 18.2. The van der Waals surface area contributed by atoms with Crippen LogP contribution >= 0.6 is 0 Å². The molecule has 2 rings (SSSR count). The Balaban J connectivity index is 2.21. The van der Waals surface area contributed by atoms with Gasteiger partial charge >= 0.3 is 5.97 Å².